The van der Waals surface area contributed by atoms with E-state index >= 15 is 0 Å². The van der Waals surface area contributed by atoms with E-state index in [2.05, 4.69) is 10.6 Å². The lowest BCUT2D eigenvalue weighted by molar-refractivity contribution is 0.204. The van der Waals surface area contributed by atoms with Crippen molar-refractivity contribution in [3.05, 3.63) is 35.1 Å². The number of fused-ring (bicyclic) bond motifs is 1. The van der Waals surface area contributed by atoms with Crippen molar-refractivity contribution in [3.63, 3.8) is 0 Å². The first kappa shape index (κ1) is 13.2. The van der Waals surface area contributed by atoms with E-state index in [0.29, 0.717) is 18.3 Å². The van der Waals surface area contributed by atoms with Gasteiger partial charge < -0.3 is 15.4 Å². The molecule has 0 fully saturated rings. The number of nitrogens with one attached hydrogen (secondary N) is 2. The van der Waals surface area contributed by atoms with Crippen LogP contribution in [0.4, 0.5) is 4.39 Å². The molecule has 1 unspecified atom stereocenters. The third-order valence-corrected chi connectivity index (χ3v) is 3.37. The molecule has 1 aliphatic rings. The predicted octanol–water partition coefficient (Wildman–Crippen LogP) is 1.92. The Labute approximate surface area is 112 Å². The Morgan fingerprint density at radius 3 is 3.17 bits per heavy atom. The van der Waals surface area contributed by atoms with Crippen LogP contribution >= 0.6 is 12.2 Å². The van der Waals surface area contributed by atoms with Crippen molar-refractivity contribution in [2.45, 2.75) is 18.9 Å². The molecule has 5 heteroatoms. The van der Waals surface area contributed by atoms with Crippen LogP contribution in [0.5, 0.6) is 0 Å². The molecular weight excluding hydrogens is 251 g/mol. The molecule has 18 heavy (non-hydrogen) atoms. The van der Waals surface area contributed by atoms with Crippen LogP contribution in [0.2, 0.25) is 0 Å². The van der Waals surface area contributed by atoms with Gasteiger partial charge in [0.1, 0.15) is 5.82 Å². The summed E-state index contributed by atoms with van der Waals surface area (Å²) in [6.07, 6.45) is 1.64. The maximum absolute atomic E-state index is 13.6. The number of thiocarbonyl (C=S) groups is 1. The molecule has 0 saturated heterocycles. The second-order valence-corrected chi connectivity index (χ2v) is 4.70. The van der Waals surface area contributed by atoms with Crippen LogP contribution in [-0.4, -0.2) is 25.4 Å². The number of ether oxygens (including phenoxy) is 1. The number of hydrogen-bond donors (Lipinski definition) is 2. The molecule has 2 N–H and O–H groups in total. The van der Waals surface area contributed by atoms with Gasteiger partial charge in [0.25, 0.3) is 0 Å². The molecule has 2 rings (SSSR count). The van der Waals surface area contributed by atoms with Crippen LogP contribution in [0.3, 0.4) is 0 Å². The monoisotopic (exact) mass is 268 g/mol. The van der Waals surface area contributed by atoms with Crippen LogP contribution in [-0.2, 0) is 11.2 Å². The zero-order valence-corrected chi connectivity index (χ0v) is 11.1. The minimum Gasteiger partial charge on any atom is -0.383 e. The van der Waals surface area contributed by atoms with Crippen LogP contribution in [0.25, 0.3) is 0 Å². The average Bonchev–Trinajstić information content (AvgIpc) is 2.74. The maximum Gasteiger partial charge on any atom is 0.166 e. The molecule has 0 amide bonds. The first-order chi connectivity index (χ1) is 8.72. The minimum atomic E-state index is -0.116. The number of benzene rings is 1. The number of methoxy groups -OCH3 is 1. The van der Waals surface area contributed by atoms with Crippen molar-refractivity contribution in [2.24, 2.45) is 0 Å². The van der Waals surface area contributed by atoms with Gasteiger partial charge in [0.2, 0.25) is 0 Å². The summed E-state index contributed by atoms with van der Waals surface area (Å²) in [4.78, 5) is 0. The first-order valence-electron chi connectivity index (χ1n) is 6.03. The Kier molecular flexibility index (Phi) is 4.49. The molecule has 1 aliphatic carbocycles. The molecule has 0 aromatic heterocycles. The lowest BCUT2D eigenvalue weighted by atomic mass is 10.1. The molecule has 0 heterocycles. The van der Waals surface area contributed by atoms with E-state index in [-0.39, 0.29) is 11.9 Å². The lowest BCUT2D eigenvalue weighted by Crippen LogP contribution is -2.38. The lowest BCUT2D eigenvalue weighted by Gasteiger charge is -2.17. The van der Waals surface area contributed by atoms with Crippen LogP contribution in [0.1, 0.15) is 23.6 Å². The fourth-order valence-corrected chi connectivity index (χ4v) is 2.48. The Bertz CT molecular complexity index is 439. The smallest absolute Gasteiger partial charge is 0.166 e. The van der Waals surface area contributed by atoms with E-state index in [1.807, 2.05) is 6.07 Å². The third-order valence-electron chi connectivity index (χ3n) is 3.11. The summed E-state index contributed by atoms with van der Waals surface area (Å²) >= 11 is 5.19. The van der Waals surface area contributed by atoms with Crippen molar-refractivity contribution in [2.75, 3.05) is 20.3 Å². The van der Waals surface area contributed by atoms with E-state index < -0.39 is 0 Å². The van der Waals surface area contributed by atoms with Crippen LogP contribution in [0, 0.1) is 5.82 Å². The van der Waals surface area contributed by atoms with E-state index in [1.165, 1.54) is 6.07 Å². The topological polar surface area (TPSA) is 33.3 Å². The van der Waals surface area contributed by atoms with Gasteiger partial charge in [-0.3, -0.25) is 0 Å². The molecule has 1 atom stereocenters. The number of halogens is 1. The summed E-state index contributed by atoms with van der Waals surface area (Å²) < 4.78 is 18.5. The van der Waals surface area contributed by atoms with E-state index in [4.69, 9.17) is 17.0 Å². The molecule has 0 spiro atoms. The largest absolute Gasteiger partial charge is 0.383 e. The third kappa shape index (κ3) is 2.97. The second-order valence-electron chi connectivity index (χ2n) is 4.29. The normalized spacial score (nSPS) is 17.3. The summed E-state index contributed by atoms with van der Waals surface area (Å²) in [6, 6.07) is 5.32. The van der Waals surface area contributed by atoms with E-state index in [9.17, 15) is 4.39 Å². The molecule has 0 aliphatic heterocycles. The summed E-state index contributed by atoms with van der Waals surface area (Å²) in [5.74, 6) is -0.116. The van der Waals surface area contributed by atoms with Gasteiger partial charge in [-0.2, -0.15) is 0 Å². The average molecular weight is 268 g/mol. The number of hydrogen-bond acceptors (Lipinski definition) is 2. The predicted molar refractivity (Wildman–Crippen MR) is 73.1 cm³/mol. The highest BCUT2D eigenvalue weighted by molar-refractivity contribution is 7.80. The summed E-state index contributed by atoms with van der Waals surface area (Å²) in [5, 5.41) is 6.87. The van der Waals surface area contributed by atoms with Gasteiger partial charge in [0.15, 0.2) is 5.11 Å². The Morgan fingerprint density at radius 1 is 1.56 bits per heavy atom. The summed E-state index contributed by atoms with van der Waals surface area (Å²) in [5.41, 5.74) is 1.83. The highest BCUT2D eigenvalue weighted by Crippen LogP contribution is 2.32. The van der Waals surface area contributed by atoms with Gasteiger partial charge in [-0.05, 0) is 42.3 Å². The maximum atomic E-state index is 13.6. The summed E-state index contributed by atoms with van der Waals surface area (Å²) in [7, 11) is 1.65. The fraction of sp³-hybridized carbons (Fsp3) is 0.462. The van der Waals surface area contributed by atoms with Gasteiger partial charge in [-0.1, -0.05) is 12.1 Å². The van der Waals surface area contributed by atoms with Crippen molar-refractivity contribution < 1.29 is 9.13 Å². The highest BCUT2D eigenvalue weighted by Gasteiger charge is 2.24. The zero-order chi connectivity index (χ0) is 13.0. The molecule has 0 saturated carbocycles. The van der Waals surface area contributed by atoms with Crippen molar-refractivity contribution >= 4 is 17.3 Å². The Morgan fingerprint density at radius 2 is 2.39 bits per heavy atom. The molecule has 1 aromatic rings. The van der Waals surface area contributed by atoms with E-state index in [1.54, 1.807) is 13.2 Å². The number of rotatable bonds is 4. The van der Waals surface area contributed by atoms with Crippen LogP contribution in [0.15, 0.2) is 18.2 Å². The standard InChI is InChI=1S/C13H17FN2OS/c1-17-8-7-15-13(18)16-12-6-5-9-10(12)3-2-4-11(9)14/h2-4,12H,5-8H2,1H3,(H2,15,16,18). The van der Waals surface area contributed by atoms with Crippen LogP contribution < -0.4 is 10.6 Å². The second kappa shape index (κ2) is 6.11. The molecule has 0 radical (unpaired) electrons. The van der Waals surface area contributed by atoms with Gasteiger partial charge in [-0.25, -0.2) is 4.39 Å². The molecule has 98 valence electrons. The van der Waals surface area contributed by atoms with E-state index in [0.717, 1.165) is 24.0 Å². The fourth-order valence-electron chi connectivity index (χ4n) is 2.24. The first-order valence-corrected chi connectivity index (χ1v) is 6.44. The Balaban J connectivity index is 1.93. The van der Waals surface area contributed by atoms with Gasteiger partial charge in [0, 0.05) is 13.7 Å². The zero-order valence-electron chi connectivity index (χ0n) is 10.3. The van der Waals surface area contributed by atoms with Gasteiger partial charge >= 0.3 is 0 Å². The SMILES string of the molecule is COCCNC(=S)NC1CCc2c(F)cccc21. The Hall–Kier alpha value is -1.20. The quantitative estimate of drug-likeness (QED) is 0.646. The molecule has 0 bridgehead atoms. The molecule has 1 aromatic carbocycles. The minimum absolute atomic E-state index is 0.109. The van der Waals surface area contributed by atoms with Crippen molar-refractivity contribution in [1.82, 2.24) is 10.6 Å². The van der Waals surface area contributed by atoms with Gasteiger partial charge in [0.05, 0.1) is 12.6 Å². The van der Waals surface area contributed by atoms with Crippen molar-refractivity contribution in [3.8, 4) is 0 Å². The molecular formula is C13H17FN2OS. The summed E-state index contributed by atoms with van der Waals surface area (Å²) in [6.45, 7) is 1.28. The van der Waals surface area contributed by atoms with Crippen molar-refractivity contribution in [1.29, 1.82) is 0 Å². The highest BCUT2D eigenvalue weighted by atomic mass is 32.1. The van der Waals surface area contributed by atoms with Gasteiger partial charge in [-0.15, -0.1) is 0 Å². The molecule has 3 nitrogen and oxygen atoms in total.